The summed E-state index contributed by atoms with van der Waals surface area (Å²) in [4.78, 5) is 39.3. The molecule has 0 radical (unpaired) electrons. The highest BCUT2D eigenvalue weighted by molar-refractivity contribution is 5.87. The third kappa shape index (κ3) is 5.35. The number of amides is 1. The highest BCUT2D eigenvalue weighted by Gasteiger charge is 2.35. The molecule has 10 nitrogen and oxygen atoms in total. The molecule has 3 fully saturated rings. The number of pyridine rings is 1. The molecule has 10 heteroatoms. The van der Waals surface area contributed by atoms with E-state index in [1.165, 1.54) is 36.6 Å². The van der Waals surface area contributed by atoms with Gasteiger partial charge in [-0.1, -0.05) is 6.58 Å². The van der Waals surface area contributed by atoms with Crippen molar-refractivity contribution >= 4 is 17.4 Å². The Hall–Kier alpha value is -3.71. The fourth-order valence-electron chi connectivity index (χ4n) is 6.40. The number of fused-ring (bicyclic) bond motifs is 1. The first-order chi connectivity index (χ1) is 19.6. The second-order valence-electron chi connectivity index (χ2n) is 11.4. The van der Waals surface area contributed by atoms with Gasteiger partial charge in [0.25, 0.3) is 0 Å². The third-order valence-corrected chi connectivity index (χ3v) is 8.83. The highest BCUT2D eigenvalue weighted by Crippen LogP contribution is 2.45. The fraction of sp³-hybridized carbons (Fsp3) is 0.567. The quantitative estimate of drug-likeness (QED) is 0.372. The van der Waals surface area contributed by atoms with Gasteiger partial charge in [0, 0.05) is 44.0 Å². The van der Waals surface area contributed by atoms with Gasteiger partial charge >= 0.3 is 6.01 Å². The van der Waals surface area contributed by atoms with Crippen LogP contribution in [0, 0.1) is 6.57 Å². The molecule has 1 amide bonds. The Morgan fingerprint density at radius 2 is 2.05 bits per heavy atom. The van der Waals surface area contributed by atoms with Gasteiger partial charge in [-0.3, -0.25) is 9.78 Å². The predicted octanol–water partition coefficient (Wildman–Crippen LogP) is 2.91. The van der Waals surface area contributed by atoms with Crippen molar-refractivity contribution in [2.24, 2.45) is 0 Å². The van der Waals surface area contributed by atoms with Gasteiger partial charge in [-0.15, -0.1) is 0 Å². The lowest BCUT2D eigenvalue weighted by molar-refractivity contribution is -0.128. The number of aromatic nitrogens is 3. The largest absolute Gasteiger partial charge is 0.462 e. The number of anilines is 2. The van der Waals surface area contributed by atoms with Gasteiger partial charge in [0.05, 0.1) is 24.1 Å². The zero-order chi connectivity index (χ0) is 27.6. The predicted molar refractivity (Wildman–Crippen MR) is 154 cm³/mol. The molecule has 2 aromatic rings. The van der Waals surface area contributed by atoms with Crippen LogP contribution < -0.4 is 14.5 Å². The van der Waals surface area contributed by atoms with E-state index >= 15 is 0 Å². The summed E-state index contributed by atoms with van der Waals surface area (Å²) >= 11 is 0. The average Bonchev–Trinajstić information content (AvgIpc) is 3.76. The molecule has 0 N–H and O–H groups in total. The molecule has 2 aromatic heterocycles. The number of carbonyl (C=O) groups is 1. The number of hydrogen-bond donors (Lipinski definition) is 0. The molecule has 6 rings (SSSR count). The van der Waals surface area contributed by atoms with Crippen molar-refractivity contribution < 1.29 is 9.53 Å². The molecule has 5 heterocycles. The van der Waals surface area contributed by atoms with Crippen molar-refractivity contribution in [1.29, 1.82) is 0 Å². The van der Waals surface area contributed by atoms with Crippen molar-refractivity contribution in [3.05, 3.63) is 59.4 Å². The van der Waals surface area contributed by atoms with Gasteiger partial charge in [0.15, 0.2) is 0 Å². The highest BCUT2D eigenvalue weighted by atomic mass is 16.5. The number of likely N-dealkylation sites (tertiary alicyclic amines) is 1. The second kappa shape index (κ2) is 11.4. The minimum absolute atomic E-state index is 0.124. The minimum atomic E-state index is -0.213. The molecule has 1 aliphatic carbocycles. The normalized spacial score (nSPS) is 23.1. The van der Waals surface area contributed by atoms with Crippen molar-refractivity contribution in [1.82, 2.24) is 24.8 Å². The van der Waals surface area contributed by atoms with Crippen molar-refractivity contribution in [3.8, 4) is 6.01 Å². The van der Waals surface area contributed by atoms with E-state index in [4.69, 9.17) is 21.3 Å². The SMILES string of the molecule is [C-]#[N+]C[C@H]1CN(c2nc(OC[C@@H]3CCCN3C)nc3c2CCN(c2cnccc2C2CC2)C3)CCN1C(=O)C=C. The number of rotatable bonds is 8. The van der Waals surface area contributed by atoms with Gasteiger partial charge in [0.2, 0.25) is 12.5 Å². The number of likely N-dealkylation sites (N-methyl/N-ethyl adjacent to an activating group) is 1. The lowest BCUT2D eigenvalue weighted by atomic mass is 10.0. The minimum Gasteiger partial charge on any atom is -0.462 e. The van der Waals surface area contributed by atoms with Crippen LogP contribution in [0.25, 0.3) is 4.85 Å². The first-order valence-corrected chi connectivity index (χ1v) is 14.5. The van der Waals surface area contributed by atoms with Crippen LogP contribution in [0.4, 0.5) is 11.5 Å². The van der Waals surface area contributed by atoms with E-state index in [0.29, 0.717) is 50.8 Å². The van der Waals surface area contributed by atoms with Crippen molar-refractivity contribution in [2.45, 2.75) is 56.7 Å². The third-order valence-electron chi connectivity index (χ3n) is 8.83. The first kappa shape index (κ1) is 26.5. The summed E-state index contributed by atoms with van der Waals surface area (Å²) in [7, 11) is 2.14. The molecule has 210 valence electrons. The Morgan fingerprint density at radius 1 is 1.18 bits per heavy atom. The maximum Gasteiger partial charge on any atom is 0.318 e. The molecule has 1 saturated carbocycles. The van der Waals surface area contributed by atoms with Gasteiger partial charge in [-0.2, -0.15) is 9.97 Å². The first-order valence-electron chi connectivity index (χ1n) is 14.5. The number of nitrogens with zero attached hydrogens (tertiary/aromatic N) is 8. The zero-order valence-corrected chi connectivity index (χ0v) is 23.3. The Kier molecular flexibility index (Phi) is 7.57. The molecule has 40 heavy (non-hydrogen) atoms. The molecule has 4 aliphatic rings. The van der Waals surface area contributed by atoms with E-state index in [-0.39, 0.29) is 18.5 Å². The summed E-state index contributed by atoms with van der Waals surface area (Å²) < 4.78 is 6.27. The van der Waals surface area contributed by atoms with E-state index in [9.17, 15) is 4.79 Å². The second-order valence-corrected chi connectivity index (χ2v) is 11.4. The lowest BCUT2D eigenvalue weighted by Crippen LogP contribution is -2.56. The molecular weight excluding hydrogens is 504 g/mol. The average molecular weight is 543 g/mol. The van der Waals surface area contributed by atoms with Crippen LogP contribution in [-0.4, -0.2) is 95.7 Å². The number of ether oxygens (including phenoxy) is 1. The van der Waals surface area contributed by atoms with Crippen LogP contribution >= 0.6 is 0 Å². The zero-order valence-electron chi connectivity index (χ0n) is 23.3. The van der Waals surface area contributed by atoms with Crippen LogP contribution in [0.5, 0.6) is 6.01 Å². The molecule has 2 saturated heterocycles. The smallest absolute Gasteiger partial charge is 0.318 e. The molecule has 2 atom stereocenters. The van der Waals surface area contributed by atoms with Gasteiger partial charge in [-0.05, 0) is 69.3 Å². The van der Waals surface area contributed by atoms with Crippen LogP contribution in [0.15, 0.2) is 31.1 Å². The summed E-state index contributed by atoms with van der Waals surface area (Å²) in [6.45, 7) is 16.3. The summed E-state index contributed by atoms with van der Waals surface area (Å²) in [6.07, 6.45) is 10.8. The standard InChI is InChI=1S/C30H38N8O2/c1-4-28(39)38-15-14-37(18-23(38)16-31-2)29-25-10-13-36(27-17-32-11-9-24(27)21-7-8-21)19-26(25)33-30(34-29)40-20-22-6-5-12-35(22)3/h4,9,11,17,21-23H,1,5-8,10,12-16,18-20H2,3H3/t22-,23-/m0/s1. The molecule has 0 aromatic carbocycles. The van der Waals surface area contributed by atoms with Gasteiger partial charge < -0.3 is 29.2 Å². The monoisotopic (exact) mass is 542 g/mol. The van der Waals surface area contributed by atoms with Crippen LogP contribution in [0.3, 0.4) is 0 Å². The summed E-state index contributed by atoms with van der Waals surface area (Å²) in [5, 5.41) is 0. The maximum absolute atomic E-state index is 12.5. The molecule has 0 bridgehead atoms. The van der Waals surface area contributed by atoms with E-state index in [1.54, 1.807) is 4.90 Å². The fourth-order valence-corrected chi connectivity index (χ4v) is 6.40. The van der Waals surface area contributed by atoms with Crippen LogP contribution in [0.2, 0.25) is 0 Å². The van der Waals surface area contributed by atoms with E-state index in [0.717, 1.165) is 43.0 Å². The van der Waals surface area contributed by atoms with Crippen molar-refractivity contribution in [3.63, 3.8) is 0 Å². The van der Waals surface area contributed by atoms with Crippen LogP contribution in [0.1, 0.15) is 48.4 Å². The Morgan fingerprint density at radius 3 is 2.80 bits per heavy atom. The van der Waals surface area contributed by atoms with E-state index < -0.39 is 0 Å². The van der Waals surface area contributed by atoms with E-state index in [1.807, 2.05) is 12.4 Å². The van der Waals surface area contributed by atoms with Crippen LogP contribution in [-0.2, 0) is 17.8 Å². The molecule has 0 spiro atoms. The summed E-state index contributed by atoms with van der Waals surface area (Å²) in [5.41, 5.74) is 4.73. The van der Waals surface area contributed by atoms with Gasteiger partial charge in [-0.25, -0.2) is 6.57 Å². The Bertz CT molecular complexity index is 1310. The number of carbonyl (C=O) groups excluding carboxylic acids is 1. The lowest BCUT2D eigenvalue weighted by Gasteiger charge is -2.41. The number of piperazine rings is 1. The maximum atomic E-state index is 12.5. The summed E-state index contributed by atoms with van der Waals surface area (Å²) in [5.74, 6) is 1.40. The van der Waals surface area contributed by atoms with Gasteiger partial charge in [0.1, 0.15) is 18.5 Å². The van der Waals surface area contributed by atoms with Crippen molar-refractivity contribution in [2.75, 3.05) is 62.7 Å². The molecule has 0 unspecified atom stereocenters. The van der Waals surface area contributed by atoms with E-state index in [2.05, 4.69) is 44.2 Å². The summed E-state index contributed by atoms with van der Waals surface area (Å²) in [6, 6.07) is 2.74. The topological polar surface area (TPSA) is 82.3 Å². The Labute approximate surface area is 236 Å². The molecular formula is C30H38N8O2. The Balaban J connectivity index is 1.30. The molecule has 3 aliphatic heterocycles. The number of hydrogen-bond acceptors (Lipinski definition) is 8.